The van der Waals surface area contributed by atoms with Crippen molar-refractivity contribution in [3.05, 3.63) is 34.7 Å². The molecule has 1 aliphatic rings. The van der Waals surface area contributed by atoms with Crippen LogP contribution < -0.4 is 5.32 Å². The average Bonchev–Trinajstić information content (AvgIpc) is 3.01. The number of hydrogen-bond donors (Lipinski definition) is 2. The van der Waals surface area contributed by atoms with Gasteiger partial charge in [0, 0.05) is 5.69 Å². The Labute approximate surface area is 117 Å². The number of benzene rings is 1. The van der Waals surface area contributed by atoms with Gasteiger partial charge in [-0.1, -0.05) is 42.4 Å². The fraction of sp³-hybridized carbons (Fsp3) is 0.400. The standard InChI is InChI=1S/C15H18N2OS/c1-10-6-2-5-9-12(10)16-15-17-14(18)13(19-15)11-7-3-4-8-11/h2,5-6,9,11,18H,3-4,7-8H2,1H3,(H,16,17). The molecule has 1 aliphatic carbocycles. The minimum absolute atomic E-state index is 0.216. The summed E-state index contributed by atoms with van der Waals surface area (Å²) in [4.78, 5) is 5.30. The monoisotopic (exact) mass is 274 g/mol. The highest BCUT2D eigenvalue weighted by Crippen LogP contribution is 2.43. The van der Waals surface area contributed by atoms with E-state index in [9.17, 15) is 5.11 Å². The van der Waals surface area contributed by atoms with Gasteiger partial charge in [0.2, 0.25) is 5.88 Å². The van der Waals surface area contributed by atoms with Crippen LogP contribution in [-0.4, -0.2) is 10.1 Å². The summed E-state index contributed by atoms with van der Waals surface area (Å²) in [6.45, 7) is 2.06. The molecule has 0 amide bonds. The van der Waals surface area contributed by atoms with E-state index in [2.05, 4.69) is 23.3 Å². The third-order valence-electron chi connectivity index (χ3n) is 3.75. The first-order valence-corrected chi connectivity index (χ1v) is 7.58. The molecule has 0 spiro atoms. The number of aromatic nitrogens is 1. The molecule has 0 aliphatic heterocycles. The highest BCUT2D eigenvalue weighted by molar-refractivity contribution is 7.16. The van der Waals surface area contributed by atoms with E-state index in [4.69, 9.17) is 0 Å². The predicted molar refractivity (Wildman–Crippen MR) is 79.4 cm³/mol. The molecule has 3 rings (SSSR count). The van der Waals surface area contributed by atoms with Crippen molar-refractivity contribution in [3.63, 3.8) is 0 Å². The largest absolute Gasteiger partial charge is 0.492 e. The Morgan fingerprint density at radius 3 is 2.74 bits per heavy atom. The maximum atomic E-state index is 10.00. The van der Waals surface area contributed by atoms with Crippen molar-refractivity contribution in [1.82, 2.24) is 4.98 Å². The summed E-state index contributed by atoms with van der Waals surface area (Å²) in [6.07, 6.45) is 4.89. The van der Waals surface area contributed by atoms with Crippen LogP contribution in [0.3, 0.4) is 0 Å². The highest BCUT2D eigenvalue weighted by atomic mass is 32.1. The van der Waals surface area contributed by atoms with Crippen LogP contribution in [0.15, 0.2) is 24.3 Å². The van der Waals surface area contributed by atoms with E-state index in [1.54, 1.807) is 11.3 Å². The van der Waals surface area contributed by atoms with Gasteiger partial charge >= 0.3 is 0 Å². The number of thiazole rings is 1. The number of para-hydroxylation sites is 1. The predicted octanol–water partition coefficient (Wildman–Crippen LogP) is 4.56. The minimum atomic E-state index is 0.216. The number of nitrogens with one attached hydrogen (secondary N) is 1. The van der Waals surface area contributed by atoms with E-state index in [1.807, 2.05) is 18.2 Å². The highest BCUT2D eigenvalue weighted by Gasteiger charge is 2.23. The lowest BCUT2D eigenvalue weighted by molar-refractivity contribution is 0.446. The Kier molecular flexibility index (Phi) is 3.42. The Morgan fingerprint density at radius 2 is 2.00 bits per heavy atom. The van der Waals surface area contributed by atoms with Crippen LogP contribution in [0.25, 0.3) is 0 Å². The van der Waals surface area contributed by atoms with Crippen LogP contribution in [-0.2, 0) is 0 Å². The molecule has 0 bridgehead atoms. The molecule has 0 saturated heterocycles. The lowest BCUT2D eigenvalue weighted by Gasteiger charge is -2.06. The van der Waals surface area contributed by atoms with Crippen LogP contribution in [0.5, 0.6) is 5.88 Å². The first kappa shape index (κ1) is 12.5. The van der Waals surface area contributed by atoms with Gasteiger partial charge in [0.05, 0.1) is 4.88 Å². The van der Waals surface area contributed by atoms with E-state index < -0.39 is 0 Å². The normalized spacial score (nSPS) is 15.8. The van der Waals surface area contributed by atoms with E-state index in [0.717, 1.165) is 15.7 Å². The third-order valence-corrected chi connectivity index (χ3v) is 4.87. The Balaban J connectivity index is 1.82. The van der Waals surface area contributed by atoms with Crippen molar-refractivity contribution >= 4 is 22.2 Å². The van der Waals surface area contributed by atoms with E-state index in [1.165, 1.54) is 31.2 Å². The fourth-order valence-electron chi connectivity index (χ4n) is 2.66. The van der Waals surface area contributed by atoms with Crippen molar-refractivity contribution < 1.29 is 5.11 Å². The number of nitrogens with zero attached hydrogens (tertiary/aromatic N) is 1. The molecule has 0 unspecified atom stereocenters. The number of rotatable bonds is 3. The fourth-order valence-corrected chi connectivity index (χ4v) is 3.70. The summed E-state index contributed by atoms with van der Waals surface area (Å²) < 4.78 is 0. The molecule has 2 aromatic rings. The zero-order chi connectivity index (χ0) is 13.2. The van der Waals surface area contributed by atoms with Crippen molar-refractivity contribution in [3.8, 4) is 5.88 Å². The number of aromatic hydroxyl groups is 1. The molecule has 1 saturated carbocycles. The van der Waals surface area contributed by atoms with E-state index in [-0.39, 0.29) is 5.88 Å². The molecule has 0 radical (unpaired) electrons. The minimum Gasteiger partial charge on any atom is -0.492 e. The molecule has 1 heterocycles. The second-order valence-corrected chi connectivity index (χ2v) is 6.16. The molecule has 2 N–H and O–H groups in total. The molecule has 3 nitrogen and oxygen atoms in total. The summed E-state index contributed by atoms with van der Waals surface area (Å²) in [5.74, 6) is 0.720. The quantitative estimate of drug-likeness (QED) is 0.862. The van der Waals surface area contributed by atoms with Gasteiger partial charge in [-0.15, -0.1) is 0 Å². The second-order valence-electron chi connectivity index (χ2n) is 5.13. The van der Waals surface area contributed by atoms with Crippen molar-refractivity contribution in [1.29, 1.82) is 0 Å². The van der Waals surface area contributed by atoms with Crippen LogP contribution in [0, 0.1) is 6.92 Å². The molecular weight excluding hydrogens is 256 g/mol. The molecule has 0 atom stereocenters. The van der Waals surface area contributed by atoms with Crippen LogP contribution in [0.2, 0.25) is 0 Å². The van der Waals surface area contributed by atoms with Crippen LogP contribution in [0.1, 0.15) is 42.0 Å². The lowest BCUT2D eigenvalue weighted by atomic mass is 10.1. The Morgan fingerprint density at radius 1 is 1.26 bits per heavy atom. The summed E-state index contributed by atoms with van der Waals surface area (Å²) in [7, 11) is 0. The molecular formula is C15H18N2OS. The molecule has 1 aromatic carbocycles. The maximum Gasteiger partial charge on any atom is 0.227 e. The van der Waals surface area contributed by atoms with Crippen molar-refractivity contribution in [2.24, 2.45) is 0 Å². The summed E-state index contributed by atoms with van der Waals surface area (Å²) in [5, 5.41) is 14.1. The molecule has 1 fully saturated rings. The van der Waals surface area contributed by atoms with Gasteiger partial charge in [-0.3, -0.25) is 0 Å². The SMILES string of the molecule is Cc1ccccc1Nc1nc(O)c(C2CCCC2)s1. The second kappa shape index (κ2) is 5.21. The number of hydrogen-bond acceptors (Lipinski definition) is 4. The molecule has 100 valence electrons. The van der Waals surface area contributed by atoms with E-state index >= 15 is 0 Å². The van der Waals surface area contributed by atoms with Crippen LogP contribution >= 0.6 is 11.3 Å². The molecule has 4 heteroatoms. The zero-order valence-corrected chi connectivity index (χ0v) is 11.8. The van der Waals surface area contributed by atoms with E-state index in [0.29, 0.717) is 5.92 Å². The number of aryl methyl sites for hydroxylation is 1. The average molecular weight is 274 g/mol. The zero-order valence-electron chi connectivity index (χ0n) is 11.0. The van der Waals surface area contributed by atoms with Gasteiger partial charge in [-0.25, -0.2) is 0 Å². The topological polar surface area (TPSA) is 45.2 Å². The summed E-state index contributed by atoms with van der Waals surface area (Å²) in [5.41, 5.74) is 2.23. The Bertz CT molecular complexity index is 573. The summed E-state index contributed by atoms with van der Waals surface area (Å²) in [6, 6.07) is 8.11. The van der Waals surface area contributed by atoms with Crippen LogP contribution in [0.4, 0.5) is 10.8 Å². The van der Waals surface area contributed by atoms with Crippen molar-refractivity contribution in [2.75, 3.05) is 5.32 Å². The van der Waals surface area contributed by atoms with Gasteiger partial charge in [0.15, 0.2) is 5.13 Å². The first-order valence-electron chi connectivity index (χ1n) is 6.76. The van der Waals surface area contributed by atoms with Gasteiger partial charge in [-0.2, -0.15) is 4.98 Å². The van der Waals surface area contributed by atoms with Crippen molar-refractivity contribution in [2.45, 2.75) is 38.5 Å². The van der Waals surface area contributed by atoms with Gasteiger partial charge in [-0.05, 0) is 37.3 Å². The third kappa shape index (κ3) is 2.59. The van der Waals surface area contributed by atoms with Gasteiger partial charge in [0.25, 0.3) is 0 Å². The molecule has 19 heavy (non-hydrogen) atoms. The Hall–Kier alpha value is -1.55. The van der Waals surface area contributed by atoms with Gasteiger partial charge < -0.3 is 10.4 Å². The molecule has 1 aromatic heterocycles. The number of anilines is 2. The smallest absolute Gasteiger partial charge is 0.227 e. The first-order chi connectivity index (χ1) is 9.24. The summed E-state index contributed by atoms with van der Waals surface area (Å²) >= 11 is 1.59. The van der Waals surface area contributed by atoms with Gasteiger partial charge in [0.1, 0.15) is 0 Å². The maximum absolute atomic E-state index is 10.00. The lowest BCUT2D eigenvalue weighted by Crippen LogP contribution is -1.91.